The molecule has 0 aliphatic heterocycles. The lowest BCUT2D eigenvalue weighted by molar-refractivity contribution is 0.540. The molecule has 2 rings (SSSR count). The largest absolute Gasteiger partial charge is 0.382 e. The van der Waals surface area contributed by atoms with Gasteiger partial charge in [0.25, 0.3) is 0 Å². The molecule has 0 fully saturated rings. The number of anilines is 1. The molecule has 2 nitrogen and oxygen atoms in total. The molecule has 1 heterocycles. The van der Waals surface area contributed by atoms with Crippen LogP contribution in [0.3, 0.4) is 0 Å². The van der Waals surface area contributed by atoms with Crippen LogP contribution in [0.25, 0.3) is 10.9 Å². The average Bonchev–Trinajstić information content (AvgIpc) is 2.27. The molecule has 0 saturated carbocycles. The van der Waals surface area contributed by atoms with Gasteiger partial charge >= 0.3 is 0 Å². The standard InChI is InChI=1S/C15H19ClN2/c1-10(2)8-11(3)18-14-6-7-17-15-9-12(16)4-5-13(14)15/h4-7,9-11H,8H2,1-3H3,(H,17,18). The molecule has 1 aromatic carbocycles. The summed E-state index contributed by atoms with van der Waals surface area (Å²) in [6, 6.07) is 8.30. The first-order valence-corrected chi connectivity index (χ1v) is 6.75. The van der Waals surface area contributed by atoms with Crippen LogP contribution in [0.2, 0.25) is 5.02 Å². The molecule has 0 bridgehead atoms. The molecular formula is C15H19ClN2. The van der Waals surface area contributed by atoms with Crippen LogP contribution in [0.1, 0.15) is 27.2 Å². The maximum Gasteiger partial charge on any atom is 0.0737 e. The van der Waals surface area contributed by atoms with E-state index >= 15 is 0 Å². The van der Waals surface area contributed by atoms with Gasteiger partial charge in [-0.1, -0.05) is 25.4 Å². The Hall–Kier alpha value is -1.28. The highest BCUT2D eigenvalue weighted by Gasteiger charge is 2.07. The van der Waals surface area contributed by atoms with Gasteiger partial charge in [-0.3, -0.25) is 4.98 Å². The normalized spacial score (nSPS) is 12.9. The molecule has 0 amide bonds. The molecule has 2 aromatic rings. The Labute approximate surface area is 113 Å². The average molecular weight is 263 g/mol. The molecular weight excluding hydrogens is 244 g/mol. The monoisotopic (exact) mass is 262 g/mol. The Kier molecular flexibility index (Phi) is 4.07. The maximum absolute atomic E-state index is 5.99. The first kappa shape index (κ1) is 13.2. The summed E-state index contributed by atoms with van der Waals surface area (Å²) in [5.41, 5.74) is 2.06. The van der Waals surface area contributed by atoms with Gasteiger partial charge < -0.3 is 5.32 Å². The minimum Gasteiger partial charge on any atom is -0.382 e. The van der Waals surface area contributed by atoms with Gasteiger partial charge in [0.1, 0.15) is 0 Å². The van der Waals surface area contributed by atoms with Crippen LogP contribution in [0.4, 0.5) is 5.69 Å². The van der Waals surface area contributed by atoms with Crippen LogP contribution in [0, 0.1) is 5.92 Å². The van der Waals surface area contributed by atoms with Gasteiger partial charge in [0, 0.05) is 28.3 Å². The quantitative estimate of drug-likeness (QED) is 0.861. The Morgan fingerprint density at radius 3 is 2.72 bits per heavy atom. The van der Waals surface area contributed by atoms with E-state index in [9.17, 15) is 0 Å². The van der Waals surface area contributed by atoms with Crippen molar-refractivity contribution in [3.05, 3.63) is 35.5 Å². The molecule has 0 radical (unpaired) electrons. The predicted octanol–water partition coefficient (Wildman–Crippen LogP) is 4.73. The number of benzene rings is 1. The van der Waals surface area contributed by atoms with Gasteiger partial charge in [-0.25, -0.2) is 0 Å². The number of hydrogen-bond acceptors (Lipinski definition) is 2. The van der Waals surface area contributed by atoms with Gasteiger partial charge in [-0.15, -0.1) is 0 Å². The van der Waals surface area contributed by atoms with E-state index in [-0.39, 0.29) is 0 Å². The third-order valence-corrected chi connectivity index (χ3v) is 3.17. The van der Waals surface area contributed by atoms with E-state index < -0.39 is 0 Å². The van der Waals surface area contributed by atoms with Gasteiger partial charge in [-0.05, 0) is 43.5 Å². The molecule has 1 unspecified atom stereocenters. The van der Waals surface area contributed by atoms with E-state index in [4.69, 9.17) is 11.6 Å². The molecule has 18 heavy (non-hydrogen) atoms. The Morgan fingerprint density at radius 1 is 1.22 bits per heavy atom. The number of pyridine rings is 1. The Balaban J connectivity index is 2.28. The highest BCUT2D eigenvalue weighted by Crippen LogP contribution is 2.25. The summed E-state index contributed by atoms with van der Waals surface area (Å²) in [5.74, 6) is 0.690. The molecule has 0 spiro atoms. The molecule has 96 valence electrons. The van der Waals surface area contributed by atoms with Crippen molar-refractivity contribution in [3.8, 4) is 0 Å². The summed E-state index contributed by atoms with van der Waals surface area (Å²) < 4.78 is 0. The lowest BCUT2D eigenvalue weighted by Crippen LogP contribution is -2.17. The van der Waals surface area contributed by atoms with Crippen LogP contribution in [-0.2, 0) is 0 Å². The first-order valence-electron chi connectivity index (χ1n) is 6.37. The number of fused-ring (bicyclic) bond motifs is 1. The zero-order valence-electron chi connectivity index (χ0n) is 11.1. The van der Waals surface area contributed by atoms with Crippen molar-refractivity contribution in [2.24, 2.45) is 5.92 Å². The molecule has 3 heteroatoms. The van der Waals surface area contributed by atoms with E-state index in [0.717, 1.165) is 28.0 Å². The molecule has 1 aromatic heterocycles. The lowest BCUT2D eigenvalue weighted by Gasteiger charge is -2.18. The zero-order chi connectivity index (χ0) is 13.1. The highest BCUT2D eigenvalue weighted by molar-refractivity contribution is 6.31. The zero-order valence-corrected chi connectivity index (χ0v) is 11.8. The smallest absolute Gasteiger partial charge is 0.0737 e. The summed E-state index contributed by atoms with van der Waals surface area (Å²) in [5, 5.41) is 5.40. The van der Waals surface area contributed by atoms with Crippen molar-refractivity contribution < 1.29 is 0 Å². The minimum atomic E-state index is 0.450. The van der Waals surface area contributed by atoms with E-state index in [0.29, 0.717) is 12.0 Å². The maximum atomic E-state index is 5.99. The van der Waals surface area contributed by atoms with Crippen LogP contribution in [0.5, 0.6) is 0 Å². The summed E-state index contributed by atoms with van der Waals surface area (Å²) in [4.78, 5) is 4.35. The highest BCUT2D eigenvalue weighted by atomic mass is 35.5. The van der Waals surface area contributed by atoms with E-state index in [2.05, 4.69) is 31.1 Å². The molecule has 1 N–H and O–H groups in total. The topological polar surface area (TPSA) is 24.9 Å². The first-order chi connectivity index (χ1) is 8.56. The predicted molar refractivity (Wildman–Crippen MR) is 79.3 cm³/mol. The fourth-order valence-corrected chi connectivity index (χ4v) is 2.44. The SMILES string of the molecule is CC(C)CC(C)Nc1ccnc2cc(Cl)ccc12. The fraction of sp³-hybridized carbons (Fsp3) is 0.400. The van der Waals surface area contributed by atoms with Crippen LogP contribution in [0.15, 0.2) is 30.5 Å². The van der Waals surface area contributed by atoms with Crippen molar-refractivity contribution in [1.82, 2.24) is 4.98 Å². The fourth-order valence-electron chi connectivity index (χ4n) is 2.28. The van der Waals surface area contributed by atoms with Crippen molar-refractivity contribution >= 4 is 28.2 Å². The summed E-state index contributed by atoms with van der Waals surface area (Å²) >= 11 is 5.99. The van der Waals surface area contributed by atoms with Crippen molar-refractivity contribution in [3.63, 3.8) is 0 Å². The van der Waals surface area contributed by atoms with Gasteiger partial charge in [0.2, 0.25) is 0 Å². The van der Waals surface area contributed by atoms with Crippen molar-refractivity contribution in [2.75, 3.05) is 5.32 Å². The molecule has 0 aliphatic carbocycles. The lowest BCUT2D eigenvalue weighted by atomic mass is 10.0. The van der Waals surface area contributed by atoms with Crippen LogP contribution in [-0.4, -0.2) is 11.0 Å². The molecule has 1 atom stereocenters. The number of aromatic nitrogens is 1. The Bertz CT molecular complexity index is 537. The second kappa shape index (κ2) is 5.57. The number of rotatable bonds is 4. The number of hydrogen-bond donors (Lipinski definition) is 1. The van der Waals surface area contributed by atoms with Crippen LogP contribution < -0.4 is 5.32 Å². The van der Waals surface area contributed by atoms with Crippen molar-refractivity contribution in [1.29, 1.82) is 0 Å². The molecule has 0 aliphatic rings. The van der Waals surface area contributed by atoms with E-state index in [1.54, 1.807) is 0 Å². The van der Waals surface area contributed by atoms with E-state index in [1.807, 2.05) is 30.5 Å². The van der Waals surface area contributed by atoms with E-state index in [1.165, 1.54) is 0 Å². The van der Waals surface area contributed by atoms with Gasteiger partial charge in [-0.2, -0.15) is 0 Å². The third-order valence-electron chi connectivity index (χ3n) is 2.93. The van der Waals surface area contributed by atoms with Crippen LogP contribution >= 0.6 is 11.6 Å². The summed E-state index contributed by atoms with van der Waals surface area (Å²) in [6.07, 6.45) is 2.97. The number of nitrogens with one attached hydrogen (secondary N) is 1. The van der Waals surface area contributed by atoms with Crippen molar-refractivity contribution in [2.45, 2.75) is 33.2 Å². The number of halogens is 1. The second-order valence-electron chi connectivity index (χ2n) is 5.19. The summed E-state index contributed by atoms with van der Waals surface area (Å²) in [6.45, 7) is 6.69. The van der Waals surface area contributed by atoms with Gasteiger partial charge in [0.15, 0.2) is 0 Å². The summed E-state index contributed by atoms with van der Waals surface area (Å²) in [7, 11) is 0. The number of nitrogens with zero attached hydrogens (tertiary/aromatic N) is 1. The second-order valence-corrected chi connectivity index (χ2v) is 5.63. The molecule has 0 saturated heterocycles. The third kappa shape index (κ3) is 3.14. The van der Waals surface area contributed by atoms with Gasteiger partial charge in [0.05, 0.1) is 5.52 Å². The Morgan fingerprint density at radius 2 is 2.00 bits per heavy atom. The minimum absolute atomic E-state index is 0.450.